The molecule has 0 radical (unpaired) electrons. The number of ether oxygens (including phenoxy) is 1. The molecule has 5 heteroatoms. The average molecular weight is 317 g/mol. The molecule has 1 N–H and O–H groups in total. The van der Waals surface area contributed by atoms with Gasteiger partial charge in [0.2, 0.25) is 0 Å². The van der Waals surface area contributed by atoms with Gasteiger partial charge in [0.05, 0.1) is 29.1 Å². The van der Waals surface area contributed by atoms with Gasteiger partial charge in [-0.2, -0.15) is 5.10 Å². The summed E-state index contributed by atoms with van der Waals surface area (Å²) in [5, 5.41) is 15.3. The molecule has 0 saturated carbocycles. The molecule has 2 heterocycles. The molecule has 4 nitrogen and oxygen atoms in total. The Bertz CT molecular complexity index is 419. The van der Waals surface area contributed by atoms with Crippen molar-refractivity contribution in [2.24, 2.45) is 5.92 Å². The third kappa shape index (κ3) is 2.49. The van der Waals surface area contributed by atoms with Gasteiger partial charge in [-0.05, 0) is 28.8 Å². The quantitative estimate of drug-likeness (QED) is 0.932. The molecule has 0 bridgehead atoms. The minimum Gasteiger partial charge on any atom is -0.383 e. The van der Waals surface area contributed by atoms with E-state index in [-0.39, 0.29) is 6.10 Å². The largest absolute Gasteiger partial charge is 0.383 e. The maximum absolute atomic E-state index is 11.0. The van der Waals surface area contributed by atoms with Crippen molar-refractivity contribution in [3.63, 3.8) is 0 Å². The highest BCUT2D eigenvalue weighted by molar-refractivity contribution is 9.10. The molecular weight excluding hydrogens is 296 g/mol. The van der Waals surface area contributed by atoms with Crippen LogP contribution in [0.25, 0.3) is 0 Å². The van der Waals surface area contributed by atoms with Gasteiger partial charge in [0.15, 0.2) is 0 Å². The average Bonchev–Trinajstić information content (AvgIpc) is 2.71. The zero-order valence-electron chi connectivity index (χ0n) is 11.2. The molecule has 1 aliphatic rings. The number of hydrogen-bond acceptors (Lipinski definition) is 3. The minimum absolute atomic E-state index is 0.107. The van der Waals surface area contributed by atoms with Crippen LogP contribution in [0.3, 0.4) is 0 Å². The molecule has 0 aromatic carbocycles. The summed E-state index contributed by atoms with van der Waals surface area (Å²) in [5.74, 6) is 0.411. The first kappa shape index (κ1) is 14.0. The summed E-state index contributed by atoms with van der Waals surface area (Å²) in [5.41, 5.74) is 0.0531. The molecule has 0 spiro atoms. The molecule has 1 aromatic heterocycles. The van der Waals surface area contributed by atoms with Gasteiger partial charge in [0, 0.05) is 19.4 Å². The predicted octanol–water partition coefficient (Wildman–Crippen LogP) is 2.69. The number of nitrogens with zero attached hydrogens (tertiary/aromatic N) is 2. The molecule has 0 aliphatic carbocycles. The fourth-order valence-corrected chi connectivity index (χ4v) is 3.25. The van der Waals surface area contributed by atoms with Crippen molar-refractivity contribution in [1.82, 2.24) is 9.78 Å². The van der Waals surface area contributed by atoms with E-state index in [1.165, 1.54) is 0 Å². The van der Waals surface area contributed by atoms with E-state index in [0.29, 0.717) is 25.4 Å². The summed E-state index contributed by atoms with van der Waals surface area (Å²) in [6.45, 7) is 7.65. The van der Waals surface area contributed by atoms with Crippen molar-refractivity contribution in [1.29, 1.82) is 0 Å². The topological polar surface area (TPSA) is 47.3 Å². The molecule has 1 aromatic rings. The van der Waals surface area contributed by atoms with Crippen LogP contribution >= 0.6 is 15.9 Å². The van der Waals surface area contributed by atoms with Crippen LogP contribution in [0, 0.1) is 5.92 Å². The van der Waals surface area contributed by atoms with E-state index in [1.54, 1.807) is 6.20 Å². The maximum atomic E-state index is 11.0. The Hall–Kier alpha value is -0.390. The van der Waals surface area contributed by atoms with Crippen molar-refractivity contribution in [2.45, 2.75) is 51.9 Å². The lowest BCUT2D eigenvalue weighted by Crippen LogP contribution is -2.42. The number of rotatable bonds is 3. The van der Waals surface area contributed by atoms with Gasteiger partial charge in [-0.3, -0.25) is 4.68 Å². The first-order valence-corrected chi connectivity index (χ1v) is 7.33. The SMILES string of the molecule is CCn1ncc(Br)c1C1(O)CCOC(C(C)C)C1. The Balaban J connectivity index is 2.32. The highest BCUT2D eigenvalue weighted by atomic mass is 79.9. The molecule has 2 rings (SSSR count). The third-order valence-corrected chi connectivity index (χ3v) is 4.25. The summed E-state index contributed by atoms with van der Waals surface area (Å²) in [7, 11) is 0. The van der Waals surface area contributed by atoms with Crippen molar-refractivity contribution in [3.05, 3.63) is 16.4 Å². The van der Waals surface area contributed by atoms with Gasteiger partial charge in [-0.1, -0.05) is 13.8 Å². The van der Waals surface area contributed by atoms with Gasteiger partial charge in [0.25, 0.3) is 0 Å². The van der Waals surface area contributed by atoms with Crippen molar-refractivity contribution >= 4 is 15.9 Å². The van der Waals surface area contributed by atoms with E-state index in [4.69, 9.17) is 4.74 Å². The second kappa shape index (κ2) is 5.31. The standard InChI is InChI=1S/C13H21BrN2O2/c1-4-16-12(10(14)8-15-16)13(17)5-6-18-11(7-13)9(2)3/h8-9,11,17H,4-7H2,1-3H3. The van der Waals surface area contributed by atoms with Crippen LogP contribution < -0.4 is 0 Å². The first-order valence-electron chi connectivity index (χ1n) is 6.53. The van der Waals surface area contributed by atoms with Crippen molar-refractivity contribution < 1.29 is 9.84 Å². The Morgan fingerprint density at radius 1 is 1.67 bits per heavy atom. The minimum atomic E-state index is -0.835. The van der Waals surface area contributed by atoms with Crippen molar-refractivity contribution in [3.8, 4) is 0 Å². The van der Waals surface area contributed by atoms with Gasteiger partial charge in [-0.15, -0.1) is 0 Å². The zero-order valence-corrected chi connectivity index (χ0v) is 12.8. The van der Waals surface area contributed by atoms with Gasteiger partial charge in [-0.25, -0.2) is 0 Å². The molecular formula is C13H21BrN2O2. The maximum Gasteiger partial charge on any atom is 0.112 e. The Kier molecular flexibility index (Phi) is 4.14. The summed E-state index contributed by atoms with van der Waals surface area (Å²) in [6.07, 6.45) is 3.13. The zero-order chi connectivity index (χ0) is 13.3. The van der Waals surface area contributed by atoms with Crippen molar-refractivity contribution in [2.75, 3.05) is 6.61 Å². The van der Waals surface area contributed by atoms with E-state index in [0.717, 1.165) is 16.7 Å². The van der Waals surface area contributed by atoms with E-state index < -0.39 is 5.60 Å². The van der Waals surface area contributed by atoms with Crippen LogP contribution in [-0.2, 0) is 16.9 Å². The number of halogens is 1. The lowest BCUT2D eigenvalue weighted by molar-refractivity contribution is -0.125. The molecule has 102 valence electrons. The van der Waals surface area contributed by atoms with E-state index in [2.05, 4.69) is 34.9 Å². The highest BCUT2D eigenvalue weighted by Gasteiger charge is 2.41. The van der Waals surface area contributed by atoms with Crippen LogP contribution in [0.4, 0.5) is 0 Å². The highest BCUT2D eigenvalue weighted by Crippen LogP contribution is 2.39. The van der Waals surface area contributed by atoms with E-state index >= 15 is 0 Å². The summed E-state index contributed by atoms with van der Waals surface area (Å²) in [4.78, 5) is 0. The van der Waals surface area contributed by atoms with Crippen LogP contribution in [0.15, 0.2) is 10.7 Å². The summed E-state index contributed by atoms with van der Waals surface area (Å²) < 4.78 is 8.49. The monoisotopic (exact) mass is 316 g/mol. The fourth-order valence-electron chi connectivity index (χ4n) is 2.58. The number of aliphatic hydroxyl groups is 1. The molecule has 1 aliphatic heterocycles. The second-order valence-electron chi connectivity index (χ2n) is 5.30. The van der Waals surface area contributed by atoms with Crippen LogP contribution in [0.2, 0.25) is 0 Å². The normalized spacial score (nSPS) is 28.9. The molecule has 1 saturated heterocycles. The smallest absolute Gasteiger partial charge is 0.112 e. The Labute approximate surface area is 116 Å². The molecule has 2 atom stereocenters. The lowest BCUT2D eigenvalue weighted by atomic mass is 9.84. The Morgan fingerprint density at radius 3 is 3.00 bits per heavy atom. The lowest BCUT2D eigenvalue weighted by Gasteiger charge is -2.39. The van der Waals surface area contributed by atoms with E-state index in [1.807, 2.05) is 11.6 Å². The van der Waals surface area contributed by atoms with Crippen LogP contribution in [-0.4, -0.2) is 27.6 Å². The number of aryl methyl sites for hydroxylation is 1. The van der Waals surface area contributed by atoms with E-state index in [9.17, 15) is 5.11 Å². The first-order chi connectivity index (χ1) is 8.48. The second-order valence-corrected chi connectivity index (χ2v) is 6.15. The third-order valence-electron chi connectivity index (χ3n) is 3.67. The van der Waals surface area contributed by atoms with Gasteiger partial charge < -0.3 is 9.84 Å². The predicted molar refractivity (Wildman–Crippen MR) is 73.3 cm³/mol. The molecule has 1 fully saturated rings. The molecule has 0 amide bonds. The molecule has 18 heavy (non-hydrogen) atoms. The summed E-state index contributed by atoms with van der Waals surface area (Å²) in [6, 6.07) is 0. The molecule has 2 unspecified atom stereocenters. The fraction of sp³-hybridized carbons (Fsp3) is 0.769. The van der Waals surface area contributed by atoms with Gasteiger partial charge in [0.1, 0.15) is 5.60 Å². The summed E-state index contributed by atoms with van der Waals surface area (Å²) >= 11 is 3.50. The van der Waals surface area contributed by atoms with Crippen LogP contribution in [0.5, 0.6) is 0 Å². The number of hydrogen-bond donors (Lipinski definition) is 1. The number of aromatic nitrogens is 2. The van der Waals surface area contributed by atoms with Gasteiger partial charge >= 0.3 is 0 Å². The Morgan fingerprint density at radius 2 is 2.39 bits per heavy atom. The van der Waals surface area contributed by atoms with Crippen LogP contribution in [0.1, 0.15) is 39.3 Å².